The number of rotatable bonds is 6. The first-order valence-electron chi connectivity index (χ1n) is 12.9. The predicted molar refractivity (Wildman–Crippen MR) is 125 cm³/mol. The van der Waals surface area contributed by atoms with Crippen molar-refractivity contribution in [3.05, 3.63) is 0 Å². The Balaban J connectivity index is 1.48. The molecule has 6 nitrogen and oxygen atoms in total. The van der Waals surface area contributed by atoms with Gasteiger partial charge in [-0.25, -0.2) is 4.79 Å². The summed E-state index contributed by atoms with van der Waals surface area (Å²) in [6.45, 7) is 7.08. The Morgan fingerprint density at radius 2 is 1.76 bits per heavy atom. The van der Waals surface area contributed by atoms with E-state index < -0.39 is 12.1 Å². The number of aliphatic hydroxyl groups is 1. The summed E-state index contributed by atoms with van der Waals surface area (Å²) < 4.78 is 10.2. The van der Waals surface area contributed by atoms with Crippen molar-refractivity contribution < 1.29 is 29.3 Å². The molecule has 0 heterocycles. The monoisotopic (exact) mass is 484 g/mol. The second kappa shape index (κ2) is 9.56. The molecule has 6 unspecified atom stereocenters. The maximum Gasteiger partial charge on any atom is 0.509 e. The van der Waals surface area contributed by atoms with Crippen LogP contribution >= 0.6 is 11.6 Å². The van der Waals surface area contributed by atoms with Gasteiger partial charge in [0.2, 0.25) is 0 Å². The summed E-state index contributed by atoms with van der Waals surface area (Å²) in [5.41, 5.74) is 0.351. The van der Waals surface area contributed by atoms with Crippen molar-refractivity contribution in [3.63, 3.8) is 0 Å². The second-order valence-electron chi connectivity index (χ2n) is 12.0. The van der Waals surface area contributed by atoms with Crippen molar-refractivity contribution in [1.82, 2.24) is 0 Å². The van der Waals surface area contributed by atoms with Crippen LogP contribution in [0.1, 0.15) is 85.0 Å². The largest absolute Gasteiger partial charge is 0.509 e. The molecule has 4 saturated carbocycles. The van der Waals surface area contributed by atoms with Crippen LogP contribution in [-0.4, -0.2) is 40.6 Å². The smallest absolute Gasteiger partial charge is 0.481 e. The number of carbonyl (C=O) groups is 2. The Kier molecular flexibility index (Phi) is 7.27. The van der Waals surface area contributed by atoms with Gasteiger partial charge in [-0.3, -0.25) is 4.79 Å². The summed E-state index contributed by atoms with van der Waals surface area (Å²) in [6.07, 6.45) is 7.79. The van der Waals surface area contributed by atoms with Crippen LogP contribution in [0, 0.1) is 46.3 Å². The highest BCUT2D eigenvalue weighted by Gasteiger charge is 2.63. The molecule has 188 valence electrons. The van der Waals surface area contributed by atoms with Gasteiger partial charge in [-0.05, 0) is 104 Å². The van der Waals surface area contributed by atoms with Crippen LogP contribution < -0.4 is 0 Å². The lowest BCUT2D eigenvalue weighted by Gasteiger charge is -2.62. The quantitative estimate of drug-likeness (QED) is 0.363. The highest BCUT2D eigenvalue weighted by Crippen LogP contribution is 2.68. The Morgan fingerprint density at radius 3 is 2.45 bits per heavy atom. The molecular formula is C26H41ClO6. The predicted octanol–water partition coefficient (Wildman–Crippen LogP) is 5.84. The molecular weight excluding hydrogens is 444 g/mol. The number of carboxylic acids is 1. The fraction of sp³-hybridized carbons (Fsp3) is 0.923. The third-order valence-corrected chi connectivity index (χ3v) is 10.8. The molecule has 2 N–H and O–H groups in total. The lowest BCUT2D eigenvalue weighted by atomic mass is 9.43. The van der Waals surface area contributed by atoms with Crippen molar-refractivity contribution in [2.24, 2.45) is 46.3 Å². The molecule has 4 rings (SSSR count). The number of hydrogen-bond acceptors (Lipinski definition) is 5. The van der Waals surface area contributed by atoms with Gasteiger partial charge in [0.15, 0.2) is 6.07 Å². The van der Waals surface area contributed by atoms with Gasteiger partial charge >= 0.3 is 12.1 Å². The fourth-order valence-corrected chi connectivity index (χ4v) is 9.12. The highest BCUT2D eigenvalue weighted by atomic mass is 35.5. The van der Waals surface area contributed by atoms with Crippen molar-refractivity contribution >= 4 is 23.7 Å². The normalized spacial score (nSPS) is 45.3. The Morgan fingerprint density at radius 1 is 1.06 bits per heavy atom. The number of aliphatic hydroxyl groups excluding tert-OH is 1. The van der Waals surface area contributed by atoms with E-state index in [1.54, 1.807) is 0 Å². The second-order valence-corrected chi connectivity index (χ2v) is 12.2. The molecule has 0 aromatic heterocycles. The lowest BCUT2D eigenvalue weighted by molar-refractivity contribution is -0.175. The standard InChI is InChI=1S/C26H41ClO6/c1-15(4-7-22(29)30)18-5-6-19-23-20(9-11-26(18,19)3)25(2)10-8-17(33-24(31)32-14-27)12-16(25)13-21(23)28/h15-21,23,28H,4-14H2,1-3H3,(H,29,30)/t15?,16?,17-,18?,19?,20?,21+,23?,25+,26-/m1/s1. The van der Waals surface area contributed by atoms with Gasteiger partial charge in [0.25, 0.3) is 0 Å². The third-order valence-electron chi connectivity index (χ3n) is 10.6. The van der Waals surface area contributed by atoms with Crippen LogP contribution in [0.25, 0.3) is 0 Å². The maximum absolute atomic E-state index is 11.8. The summed E-state index contributed by atoms with van der Waals surface area (Å²) in [4.78, 5) is 22.9. The van der Waals surface area contributed by atoms with E-state index in [9.17, 15) is 14.7 Å². The van der Waals surface area contributed by atoms with E-state index in [0.29, 0.717) is 35.5 Å². The van der Waals surface area contributed by atoms with Crippen LogP contribution in [0.3, 0.4) is 0 Å². The van der Waals surface area contributed by atoms with E-state index in [1.807, 2.05) is 0 Å². The van der Waals surface area contributed by atoms with Crippen LogP contribution in [0.2, 0.25) is 0 Å². The molecule has 4 aliphatic rings. The number of halogens is 1. The van der Waals surface area contributed by atoms with Crippen LogP contribution in [0.5, 0.6) is 0 Å². The molecule has 0 bridgehead atoms. The first kappa shape index (κ1) is 25.1. The maximum atomic E-state index is 11.8. The number of ether oxygens (including phenoxy) is 2. The number of hydrogen-bond donors (Lipinski definition) is 2. The lowest BCUT2D eigenvalue weighted by Crippen LogP contribution is -2.58. The SMILES string of the molecule is CC(CCC(=O)O)C1CCC2C3C(CC[C@]12C)[C@@]1(C)CC[C@@H](OC(=O)OCCl)CC1C[C@@H]3O. The van der Waals surface area contributed by atoms with Crippen molar-refractivity contribution in [2.45, 2.75) is 97.2 Å². The summed E-state index contributed by atoms with van der Waals surface area (Å²) >= 11 is 5.48. The van der Waals surface area contributed by atoms with E-state index >= 15 is 0 Å². The molecule has 0 radical (unpaired) electrons. The zero-order chi connectivity index (χ0) is 24.0. The van der Waals surface area contributed by atoms with Gasteiger partial charge in [0.1, 0.15) is 6.10 Å². The minimum atomic E-state index is -0.706. The van der Waals surface area contributed by atoms with Gasteiger partial charge < -0.3 is 19.7 Å². The van der Waals surface area contributed by atoms with Gasteiger partial charge in [-0.15, -0.1) is 0 Å². The summed E-state index contributed by atoms with van der Waals surface area (Å²) in [7, 11) is 0. The van der Waals surface area contributed by atoms with Crippen LogP contribution in [-0.2, 0) is 14.3 Å². The highest BCUT2D eigenvalue weighted by molar-refractivity contribution is 6.17. The molecule has 33 heavy (non-hydrogen) atoms. The van der Waals surface area contributed by atoms with E-state index in [-0.39, 0.29) is 35.5 Å². The molecule has 0 amide bonds. The number of aliphatic carboxylic acids is 1. The van der Waals surface area contributed by atoms with Gasteiger partial charge in [-0.1, -0.05) is 32.4 Å². The average Bonchev–Trinajstić information content (AvgIpc) is 3.10. The number of carboxylic acid groups (broad SMARTS) is 1. The molecule has 0 saturated heterocycles. The third kappa shape index (κ3) is 4.51. The van der Waals surface area contributed by atoms with Crippen molar-refractivity contribution in [1.29, 1.82) is 0 Å². The number of carbonyl (C=O) groups excluding carboxylic acids is 1. The fourth-order valence-electron chi connectivity index (χ4n) is 9.03. The topological polar surface area (TPSA) is 93.1 Å². The molecule has 7 heteroatoms. The summed E-state index contributed by atoms with van der Waals surface area (Å²) in [5, 5.41) is 20.6. The average molecular weight is 485 g/mol. The van der Waals surface area contributed by atoms with E-state index in [2.05, 4.69) is 20.8 Å². The van der Waals surface area contributed by atoms with E-state index in [1.165, 1.54) is 0 Å². The zero-order valence-corrected chi connectivity index (χ0v) is 21.1. The van der Waals surface area contributed by atoms with E-state index in [0.717, 1.165) is 57.8 Å². The molecule has 0 aromatic rings. The Labute approximate surface area is 202 Å². The number of alkyl halides is 1. The minimum absolute atomic E-state index is 0.161. The zero-order valence-electron chi connectivity index (χ0n) is 20.3. The van der Waals surface area contributed by atoms with Gasteiger partial charge in [-0.2, -0.15) is 0 Å². The Hall–Kier alpha value is -1.01. The first-order chi connectivity index (χ1) is 15.6. The molecule has 4 aliphatic carbocycles. The first-order valence-corrected chi connectivity index (χ1v) is 13.4. The van der Waals surface area contributed by atoms with Gasteiger partial charge in [0.05, 0.1) is 6.10 Å². The van der Waals surface area contributed by atoms with Crippen LogP contribution in [0.15, 0.2) is 0 Å². The molecule has 0 aromatic carbocycles. The molecule has 10 atom stereocenters. The summed E-state index contributed by atoms with van der Waals surface area (Å²) in [6, 6.07) is -0.203. The molecule has 4 fully saturated rings. The van der Waals surface area contributed by atoms with Crippen LogP contribution in [0.4, 0.5) is 4.79 Å². The molecule has 0 spiro atoms. The minimum Gasteiger partial charge on any atom is -0.481 e. The Bertz CT molecular complexity index is 744. The summed E-state index contributed by atoms with van der Waals surface area (Å²) in [5.74, 6) is 1.90. The van der Waals surface area contributed by atoms with Gasteiger partial charge in [0, 0.05) is 6.42 Å². The van der Waals surface area contributed by atoms with E-state index in [4.69, 9.17) is 26.2 Å². The number of fused-ring (bicyclic) bond motifs is 5. The molecule has 0 aliphatic heterocycles. The van der Waals surface area contributed by atoms with Crippen molar-refractivity contribution in [2.75, 3.05) is 6.07 Å². The van der Waals surface area contributed by atoms with Crippen molar-refractivity contribution in [3.8, 4) is 0 Å².